The Labute approximate surface area is 107 Å². The molecule has 1 aromatic rings. The zero-order valence-electron chi connectivity index (χ0n) is 10.7. The molecule has 1 saturated heterocycles. The Hall–Kier alpha value is -1.26. The van der Waals surface area contributed by atoms with Crippen LogP contribution in [-0.2, 0) is 0 Å². The standard InChI is InChI=1S/C14H19FN2O/c1-11-3-4-13(15)12(9-11)14(18)10-17-7-2-5-16-6-8-17/h3-4,9,16H,2,5-8,10H2,1H3. The maximum atomic E-state index is 13.6. The number of benzene rings is 1. The van der Waals surface area contributed by atoms with Gasteiger partial charge in [0.05, 0.1) is 12.1 Å². The minimum absolute atomic E-state index is 0.127. The van der Waals surface area contributed by atoms with Crippen LogP contribution in [0.3, 0.4) is 0 Å². The predicted molar refractivity (Wildman–Crippen MR) is 69.4 cm³/mol. The van der Waals surface area contributed by atoms with Gasteiger partial charge in [0.1, 0.15) is 5.82 Å². The molecule has 0 atom stereocenters. The van der Waals surface area contributed by atoms with E-state index in [1.54, 1.807) is 12.1 Å². The summed E-state index contributed by atoms with van der Waals surface area (Å²) in [5.41, 5.74) is 1.13. The van der Waals surface area contributed by atoms with E-state index in [-0.39, 0.29) is 11.3 Å². The second-order valence-electron chi connectivity index (χ2n) is 4.79. The first-order valence-electron chi connectivity index (χ1n) is 6.39. The van der Waals surface area contributed by atoms with Gasteiger partial charge in [-0.2, -0.15) is 0 Å². The maximum absolute atomic E-state index is 13.6. The van der Waals surface area contributed by atoms with Gasteiger partial charge in [-0.15, -0.1) is 0 Å². The Balaban J connectivity index is 2.04. The van der Waals surface area contributed by atoms with E-state index < -0.39 is 5.82 Å². The van der Waals surface area contributed by atoms with Crippen LogP contribution >= 0.6 is 0 Å². The first kappa shape index (κ1) is 13.2. The molecule has 1 aliphatic heterocycles. The van der Waals surface area contributed by atoms with Crippen molar-refractivity contribution in [1.29, 1.82) is 0 Å². The van der Waals surface area contributed by atoms with Crippen LogP contribution < -0.4 is 5.32 Å². The molecule has 0 bridgehead atoms. The van der Waals surface area contributed by atoms with Crippen LogP contribution in [0.4, 0.5) is 4.39 Å². The molecule has 0 aromatic heterocycles. The molecule has 4 heteroatoms. The molecular formula is C14H19FN2O. The summed E-state index contributed by atoms with van der Waals surface area (Å²) in [6, 6.07) is 4.68. The molecule has 1 aliphatic rings. The Bertz CT molecular complexity index is 426. The van der Waals surface area contributed by atoms with Crippen LogP contribution in [-0.4, -0.2) is 43.4 Å². The molecule has 1 N–H and O–H groups in total. The summed E-state index contributed by atoms with van der Waals surface area (Å²) in [4.78, 5) is 14.2. The highest BCUT2D eigenvalue weighted by atomic mass is 19.1. The van der Waals surface area contributed by atoms with Crippen LogP contribution in [0.25, 0.3) is 0 Å². The van der Waals surface area contributed by atoms with E-state index in [0.29, 0.717) is 6.54 Å². The summed E-state index contributed by atoms with van der Waals surface area (Å²) in [6.45, 7) is 5.80. The van der Waals surface area contributed by atoms with Gasteiger partial charge in [-0.05, 0) is 38.6 Å². The van der Waals surface area contributed by atoms with Crippen molar-refractivity contribution in [3.63, 3.8) is 0 Å². The minimum atomic E-state index is -0.418. The van der Waals surface area contributed by atoms with Crippen molar-refractivity contribution in [2.75, 3.05) is 32.7 Å². The topological polar surface area (TPSA) is 32.3 Å². The fourth-order valence-electron chi connectivity index (χ4n) is 2.20. The van der Waals surface area contributed by atoms with Crippen LogP contribution in [0.1, 0.15) is 22.3 Å². The van der Waals surface area contributed by atoms with Crippen LogP contribution in [0.15, 0.2) is 18.2 Å². The predicted octanol–water partition coefficient (Wildman–Crippen LogP) is 1.61. The first-order chi connectivity index (χ1) is 8.66. The summed E-state index contributed by atoms with van der Waals surface area (Å²) < 4.78 is 13.6. The molecular weight excluding hydrogens is 231 g/mol. The third-order valence-corrected chi connectivity index (χ3v) is 3.22. The summed E-state index contributed by atoms with van der Waals surface area (Å²) >= 11 is 0. The van der Waals surface area contributed by atoms with Crippen molar-refractivity contribution in [2.45, 2.75) is 13.3 Å². The lowest BCUT2D eigenvalue weighted by Crippen LogP contribution is -2.33. The molecule has 0 amide bonds. The van der Waals surface area contributed by atoms with Crippen molar-refractivity contribution in [1.82, 2.24) is 10.2 Å². The molecule has 0 spiro atoms. The molecule has 0 saturated carbocycles. The summed E-state index contributed by atoms with van der Waals surface area (Å²) in [7, 11) is 0. The van der Waals surface area contributed by atoms with Crippen LogP contribution in [0.2, 0.25) is 0 Å². The molecule has 1 heterocycles. The lowest BCUT2D eigenvalue weighted by atomic mass is 10.1. The Morgan fingerprint density at radius 2 is 2.22 bits per heavy atom. The van der Waals surface area contributed by atoms with Gasteiger partial charge in [-0.1, -0.05) is 11.6 Å². The number of nitrogens with zero attached hydrogens (tertiary/aromatic N) is 1. The van der Waals surface area contributed by atoms with Crippen molar-refractivity contribution in [2.24, 2.45) is 0 Å². The zero-order chi connectivity index (χ0) is 13.0. The van der Waals surface area contributed by atoms with Gasteiger partial charge in [0.25, 0.3) is 0 Å². The van der Waals surface area contributed by atoms with E-state index in [0.717, 1.165) is 38.2 Å². The smallest absolute Gasteiger partial charge is 0.179 e. The number of rotatable bonds is 3. The van der Waals surface area contributed by atoms with E-state index in [1.165, 1.54) is 6.07 Å². The lowest BCUT2D eigenvalue weighted by Gasteiger charge is -2.18. The average Bonchev–Trinajstić information content (AvgIpc) is 2.61. The third-order valence-electron chi connectivity index (χ3n) is 3.22. The van der Waals surface area contributed by atoms with Crippen molar-refractivity contribution >= 4 is 5.78 Å². The number of aryl methyl sites for hydroxylation is 1. The van der Waals surface area contributed by atoms with E-state index in [4.69, 9.17) is 0 Å². The van der Waals surface area contributed by atoms with E-state index >= 15 is 0 Å². The fourth-order valence-corrected chi connectivity index (χ4v) is 2.20. The number of hydrogen-bond donors (Lipinski definition) is 1. The Kier molecular flexibility index (Phi) is 4.44. The molecule has 3 nitrogen and oxygen atoms in total. The monoisotopic (exact) mass is 250 g/mol. The second kappa shape index (κ2) is 6.07. The van der Waals surface area contributed by atoms with Gasteiger partial charge in [0.2, 0.25) is 0 Å². The number of nitrogens with one attached hydrogen (secondary N) is 1. The maximum Gasteiger partial charge on any atom is 0.179 e. The zero-order valence-corrected chi connectivity index (χ0v) is 10.7. The first-order valence-corrected chi connectivity index (χ1v) is 6.39. The number of hydrogen-bond acceptors (Lipinski definition) is 3. The molecule has 98 valence electrons. The van der Waals surface area contributed by atoms with E-state index in [1.807, 2.05) is 6.92 Å². The van der Waals surface area contributed by atoms with E-state index in [2.05, 4.69) is 10.2 Å². The lowest BCUT2D eigenvalue weighted by molar-refractivity contribution is 0.0931. The highest BCUT2D eigenvalue weighted by molar-refractivity contribution is 5.98. The van der Waals surface area contributed by atoms with Gasteiger partial charge in [0.15, 0.2) is 5.78 Å². The number of ketones is 1. The van der Waals surface area contributed by atoms with Crippen LogP contribution in [0, 0.1) is 12.7 Å². The number of Topliss-reactive ketones (excluding diaryl/α,β-unsaturated/α-hetero) is 1. The van der Waals surface area contributed by atoms with Gasteiger partial charge in [0, 0.05) is 13.1 Å². The Morgan fingerprint density at radius 3 is 3.06 bits per heavy atom. The number of carbonyl (C=O) groups excluding carboxylic acids is 1. The molecule has 0 radical (unpaired) electrons. The fraction of sp³-hybridized carbons (Fsp3) is 0.500. The molecule has 0 unspecified atom stereocenters. The van der Waals surface area contributed by atoms with E-state index in [9.17, 15) is 9.18 Å². The highest BCUT2D eigenvalue weighted by Crippen LogP contribution is 2.11. The number of halogens is 1. The average molecular weight is 250 g/mol. The third kappa shape index (κ3) is 3.37. The quantitative estimate of drug-likeness (QED) is 0.827. The molecule has 1 fully saturated rings. The van der Waals surface area contributed by atoms with Gasteiger partial charge < -0.3 is 5.32 Å². The van der Waals surface area contributed by atoms with Gasteiger partial charge >= 0.3 is 0 Å². The largest absolute Gasteiger partial charge is 0.315 e. The Morgan fingerprint density at radius 1 is 1.39 bits per heavy atom. The number of carbonyl (C=O) groups is 1. The SMILES string of the molecule is Cc1ccc(F)c(C(=O)CN2CCCNCC2)c1. The summed E-state index contributed by atoms with van der Waals surface area (Å²) in [5, 5.41) is 3.28. The second-order valence-corrected chi connectivity index (χ2v) is 4.79. The molecule has 0 aliphatic carbocycles. The van der Waals surface area contributed by atoms with Gasteiger partial charge in [-0.3, -0.25) is 9.69 Å². The normalized spacial score (nSPS) is 17.4. The minimum Gasteiger partial charge on any atom is -0.315 e. The highest BCUT2D eigenvalue weighted by Gasteiger charge is 2.16. The molecule has 1 aromatic carbocycles. The summed E-state index contributed by atoms with van der Waals surface area (Å²) in [6.07, 6.45) is 1.03. The van der Waals surface area contributed by atoms with Crippen molar-refractivity contribution in [3.8, 4) is 0 Å². The van der Waals surface area contributed by atoms with Crippen molar-refractivity contribution in [3.05, 3.63) is 35.1 Å². The molecule has 18 heavy (non-hydrogen) atoms. The van der Waals surface area contributed by atoms with Crippen molar-refractivity contribution < 1.29 is 9.18 Å². The molecule has 2 rings (SSSR count). The van der Waals surface area contributed by atoms with Crippen LogP contribution in [0.5, 0.6) is 0 Å². The summed E-state index contributed by atoms with van der Waals surface area (Å²) in [5.74, 6) is -0.545. The van der Waals surface area contributed by atoms with Gasteiger partial charge in [-0.25, -0.2) is 4.39 Å².